The van der Waals surface area contributed by atoms with E-state index in [1.54, 1.807) is 13.2 Å². The van der Waals surface area contributed by atoms with Gasteiger partial charge in [0.25, 0.3) is 0 Å². The molecule has 1 unspecified atom stereocenters. The number of aliphatic hydroxyl groups excluding tert-OH is 1. The standard InChI is InChI=1S/C30H41FN2O4/c1-20-9-3-4-13-27(20)37-28-14-7-12-24(29(28)31)23(11-5-6-16-36-2)21-10-8-15-33(19-21)30(35)22-17-25(32)26(34)18-22/h3-4,7,9,12-14,21-23,25-26,34H,5-6,8,10-11,15-19,32H2,1-2H3/t21-,22+,23?,25-,26+/m1/s1. The molecule has 6 nitrogen and oxygen atoms in total. The van der Waals surface area contributed by atoms with Gasteiger partial charge in [-0.25, -0.2) is 4.39 Å². The molecule has 0 spiro atoms. The van der Waals surface area contributed by atoms with Crippen LogP contribution in [0.15, 0.2) is 42.5 Å². The molecular weight excluding hydrogens is 471 g/mol. The number of carbonyl (C=O) groups is 1. The summed E-state index contributed by atoms with van der Waals surface area (Å²) >= 11 is 0. The third kappa shape index (κ3) is 6.70. The number of aliphatic hydroxyl groups is 1. The van der Waals surface area contributed by atoms with Crippen LogP contribution in [0.25, 0.3) is 0 Å². The maximum atomic E-state index is 16.0. The Hall–Kier alpha value is -2.48. The first-order valence-corrected chi connectivity index (χ1v) is 13.6. The molecule has 1 saturated heterocycles. The summed E-state index contributed by atoms with van der Waals surface area (Å²) in [4.78, 5) is 15.2. The Morgan fingerprint density at radius 2 is 1.95 bits per heavy atom. The van der Waals surface area contributed by atoms with E-state index in [0.29, 0.717) is 43.9 Å². The third-order valence-electron chi connectivity index (χ3n) is 8.08. The van der Waals surface area contributed by atoms with E-state index < -0.39 is 6.10 Å². The summed E-state index contributed by atoms with van der Waals surface area (Å²) in [6, 6.07) is 12.7. The van der Waals surface area contributed by atoms with Crippen molar-refractivity contribution in [2.75, 3.05) is 26.8 Å². The number of ether oxygens (including phenoxy) is 2. The Balaban J connectivity index is 1.55. The molecule has 7 heteroatoms. The number of hydrogen-bond acceptors (Lipinski definition) is 5. The van der Waals surface area contributed by atoms with Crippen LogP contribution >= 0.6 is 0 Å². The zero-order valence-electron chi connectivity index (χ0n) is 22.1. The van der Waals surface area contributed by atoms with Crippen LogP contribution in [0.1, 0.15) is 62.0 Å². The van der Waals surface area contributed by atoms with Gasteiger partial charge in [0.05, 0.1) is 6.10 Å². The van der Waals surface area contributed by atoms with Crippen LogP contribution in [0, 0.1) is 24.6 Å². The number of aryl methyl sites for hydroxylation is 1. The van der Waals surface area contributed by atoms with Crippen molar-refractivity contribution in [1.82, 2.24) is 4.90 Å². The van der Waals surface area contributed by atoms with Gasteiger partial charge in [0.2, 0.25) is 5.91 Å². The largest absolute Gasteiger partial charge is 0.454 e. The molecule has 202 valence electrons. The minimum absolute atomic E-state index is 0.0377. The second-order valence-electron chi connectivity index (χ2n) is 10.7. The molecule has 5 atom stereocenters. The smallest absolute Gasteiger partial charge is 0.225 e. The van der Waals surface area contributed by atoms with E-state index in [0.717, 1.165) is 37.7 Å². The second kappa shape index (κ2) is 12.9. The van der Waals surface area contributed by atoms with E-state index >= 15 is 4.39 Å². The number of para-hydroxylation sites is 1. The molecule has 0 radical (unpaired) electrons. The number of hydrogen-bond donors (Lipinski definition) is 2. The van der Waals surface area contributed by atoms with Gasteiger partial charge < -0.3 is 25.2 Å². The predicted octanol–water partition coefficient (Wildman–Crippen LogP) is 5.16. The van der Waals surface area contributed by atoms with Crippen molar-refractivity contribution in [1.29, 1.82) is 0 Å². The zero-order valence-corrected chi connectivity index (χ0v) is 22.1. The number of halogens is 1. The van der Waals surface area contributed by atoms with E-state index in [1.807, 2.05) is 48.2 Å². The Morgan fingerprint density at radius 1 is 1.16 bits per heavy atom. The lowest BCUT2D eigenvalue weighted by Gasteiger charge is -2.38. The van der Waals surface area contributed by atoms with E-state index in [4.69, 9.17) is 15.2 Å². The highest BCUT2D eigenvalue weighted by atomic mass is 19.1. The molecule has 1 aliphatic carbocycles. The quantitative estimate of drug-likeness (QED) is 0.430. The summed E-state index contributed by atoms with van der Waals surface area (Å²) in [7, 11) is 1.69. The predicted molar refractivity (Wildman–Crippen MR) is 142 cm³/mol. The molecule has 0 bridgehead atoms. The highest BCUT2D eigenvalue weighted by Crippen LogP contribution is 2.40. The second-order valence-corrected chi connectivity index (χ2v) is 10.7. The van der Waals surface area contributed by atoms with Gasteiger partial charge >= 0.3 is 0 Å². The fraction of sp³-hybridized carbons (Fsp3) is 0.567. The molecule has 1 heterocycles. The van der Waals surface area contributed by atoms with Gasteiger partial charge in [0, 0.05) is 38.8 Å². The summed E-state index contributed by atoms with van der Waals surface area (Å²) in [6.45, 7) is 3.91. The number of unbranched alkanes of at least 4 members (excludes halogenated alkanes) is 1. The molecule has 37 heavy (non-hydrogen) atoms. The summed E-state index contributed by atoms with van der Waals surface area (Å²) in [5, 5.41) is 10.1. The van der Waals surface area contributed by atoms with Crippen LogP contribution in [0.3, 0.4) is 0 Å². The average Bonchev–Trinajstić information content (AvgIpc) is 3.24. The van der Waals surface area contributed by atoms with Gasteiger partial charge in [-0.1, -0.05) is 36.8 Å². The molecule has 2 aliphatic rings. The Bertz CT molecular complexity index is 1040. The van der Waals surface area contributed by atoms with Crippen LogP contribution in [-0.2, 0) is 9.53 Å². The van der Waals surface area contributed by atoms with Gasteiger partial charge in [-0.3, -0.25) is 4.79 Å². The van der Waals surface area contributed by atoms with Crippen LogP contribution in [0.5, 0.6) is 11.5 Å². The SMILES string of the molecule is COCCCCC(c1cccc(Oc2ccccc2C)c1F)[C@@H]1CCCN(C(=O)[C@H]2C[C@@H](N)[C@@H](O)C2)C1. The number of likely N-dealkylation sites (tertiary alicyclic amines) is 1. The average molecular weight is 513 g/mol. The number of nitrogens with zero attached hydrogens (tertiary/aromatic N) is 1. The number of piperidine rings is 1. The first kappa shape index (κ1) is 27.6. The molecule has 4 rings (SSSR count). The Labute approximate surface area is 219 Å². The van der Waals surface area contributed by atoms with Gasteiger partial charge in [-0.05, 0) is 80.5 Å². The number of carbonyl (C=O) groups excluding carboxylic acids is 1. The Kier molecular flexibility index (Phi) is 9.57. The fourth-order valence-corrected chi connectivity index (χ4v) is 5.98. The number of rotatable bonds is 10. The summed E-state index contributed by atoms with van der Waals surface area (Å²) in [5.41, 5.74) is 7.58. The topological polar surface area (TPSA) is 85.0 Å². The molecule has 0 aromatic heterocycles. The normalized spacial score (nSPS) is 24.7. The van der Waals surface area contributed by atoms with Crippen molar-refractivity contribution < 1.29 is 23.8 Å². The monoisotopic (exact) mass is 512 g/mol. The van der Waals surface area contributed by atoms with E-state index in [1.165, 1.54) is 0 Å². The van der Waals surface area contributed by atoms with Gasteiger partial charge in [-0.2, -0.15) is 0 Å². The molecule has 2 fully saturated rings. The first-order valence-electron chi connectivity index (χ1n) is 13.6. The minimum Gasteiger partial charge on any atom is -0.454 e. The maximum absolute atomic E-state index is 16.0. The molecule has 1 amide bonds. The number of methoxy groups -OCH3 is 1. The molecule has 2 aromatic rings. The van der Waals surface area contributed by atoms with Crippen molar-refractivity contribution in [3.8, 4) is 11.5 Å². The molecule has 3 N–H and O–H groups in total. The third-order valence-corrected chi connectivity index (χ3v) is 8.08. The van der Waals surface area contributed by atoms with Gasteiger partial charge in [0.1, 0.15) is 5.75 Å². The van der Waals surface area contributed by atoms with E-state index in [2.05, 4.69) is 0 Å². The summed E-state index contributed by atoms with van der Waals surface area (Å²) in [5.74, 6) is 0.495. The van der Waals surface area contributed by atoms with Crippen molar-refractivity contribution in [2.24, 2.45) is 17.6 Å². The number of amides is 1. The molecule has 1 saturated carbocycles. The molecular formula is C30H41FN2O4. The first-order chi connectivity index (χ1) is 17.9. The van der Waals surface area contributed by atoms with E-state index in [-0.39, 0.29) is 41.3 Å². The summed E-state index contributed by atoms with van der Waals surface area (Å²) in [6.07, 6.45) is 4.78. The van der Waals surface area contributed by atoms with Crippen LogP contribution < -0.4 is 10.5 Å². The maximum Gasteiger partial charge on any atom is 0.225 e. The fourth-order valence-electron chi connectivity index (χ4n) is 5.98. The van der Waals surface area contributed by atoms with Crippen LogP contribution in [0.4, 0.5) is 4.39 Å². The lowest BCUT2D eigenvalue weighted by Crippen LogP contribution is -2.44. The highest BCUT2D eigenvalue weighted by Gasteiger charge is 2.39. The van der Waals surface area contributed by atoms with E-state index in [9.17, 15) is 9.90 Å². The van der Waals surface area contributed by atoms with Crippen molar-refractivity contribution in [3.05, 3.63) is 59.4 Å². The van der Waals surface area contributed by atoms with Crippen molar-refractivity contribution >= 4 is 5.91 Å². The molecule has 1 aliphatic heterocycles. The lowest BCUT2D eigenvalue weighted by atomic mass is 9.77. The number of nitrogens with two attached hydrogens (primary N) is 1. The van der Waals surface area contributed by atoms with Crippen molar-refractivity contribution in [3.63, 3.8) is 0 Å². The molecule has 2 aromatic carbocycles. The van der Waals surface area contributed by atoms with Crippen LogP contribution in [-0.4, -0.2) is 54.9 Å². The number of benzene rings is 2. The van der Waals surface area contributed by atoms with Crippen molar-refractivity contribution in [2.45, 2.75) is 69.9 Å². The Morgan fingerprint density at radius 3 is 2.68 bits per heavy atom. The lowest BCUT2D eigenvalue weighted by molar-refractivity contribution is -0.137. The van der Waals surface area contributed by atoms with Gasteiger partial charge in [-0.15, -0.1) is 0 Å². The minimum atomic E-state index is -0.617. The highest BCUT2D eigenvalue weighted by molar-refractivity contribution is 5.79. The van der Waals surface area contributed by atoms with Gasteiger partial charge in [0.15, 0.2) is 11.6 Å². The zero-order chi connectivity index (χ0) is 26.4. The summed E-state index contributed by atoms with van der Waals surface area (Å²) < 4.78 is 27.2. The van der Waals surface area contributed by atoms with Crippen LogP contribution in [0.2, 0.25) is 0 Å².